The Kier molecular flexibility index (Phi) is 3.82. The van der Waals surface area contributed by atoms with Crippen molar-refractivity contribution in [3.63, 3.8) is 0 Å². The maximum Gasteiger partial charge on any atom is 0.239 e. The van der Waals surface area contributed by atoms with Gasteiger partial charge in [0, 0.05) is 23.6 Å². The van der Waals surface area contributed by atoms with Crippen LogP contribution >= 0.6 is 0 Å². The summed E-state index contributed by atoms with van der Waals surface area (Å²) < 4.78 is 7.00. The van der Waals surface area contributed by atoms with E-state index in [1.165, 1.54) is 6.33 Å². The molecule has 5 aromatic rings. The summed E-state index contributed by atoms with van der Waals surface area (Å²) in [7, 11) is 0. The number of hydrogen-bond acceptors (Lipinski definition) is 6. The van der Waals surface area contributed by atoms with Crippen LogP contribution in [0.2, 0.25) is 0 Å². The lowest BCUT2D eigenvalue weighted by atomic mass is 10.2. The van der Waals surface area contributed by atoms with Crippen molar-refractivity contribution in [3.05, 3.63) is 60.7 Å². The molecule has 0 spiro atoms. The van der Waals surface area contributed by atoms with E-state index in [0.29, 0.717) is 24.0 Å². The number of benzene rings is 2. The van der Waals surface area contributed by atoms with Crippen LogP contribution in [0.4, 0.5) is 0 Å². The molecule has 0 saturated heterocycles. The van der Waals surface area contributed by atoms with Gasteiger partial charge in [0.1, 0.15) is 6.33 Å². The maximum atomic E-state index is 12.6. The molecule has 2 N–H and O–H groups in total. The fourth-order valence-corrected chi connectivity index (χ4v) is 3.21. The van der Waals surface area contributed by atoms with Crippen molar-refractivity contribution < 1.29 is 9.32 Å². The third-order valence-corrected chi connectivity index (χ3v) is 4.48. The number of rotatable bonds is 5. The smallest absolute Gasteiger partial charge is 0.239 e. The van der Waals surface area contributed by atoms with Crippen molar-refractivity contribution >= 4 is 27.7 Å². The molecule has 1 amide bonds. The van der Waals surface area contributed by atoms with Gasteiger partial charge in [0.2, 0.25) is 17.6 Å². The van der Waals surface area contributed by atoms with Gasteiger partial charge in [0.05, 0.1) is 11.0 Å². The molecular formula is C19H15N7O2. The van der Waals surface area contributed by atoms with Crippen molar-refractivity contribution in [3.8, 4) is 11.6 Å². The Balaban J connectivity index is 1.35. The summed E-state index contributed by atoms with van der Waals surface area (Å²) >= 11 is 0. The predicted molar refractivity (Wildman–Crippen MR) is 102 cm³/mol. The summed E-state index contributed by atoms with van der Waals surface area (Å²) in [4.78, 5) is 20.7. The standard InChI is InChI=1S/C19H15N7O2/c27-16(9-10-17-22-19(25-28-17)18-20-11-21-23-18)24-26-14-7-3-1-5-12(14)13-6-2-4-8-15(13)26/h1-8,11H,9-10H2,(H,24,27)(H,20,21,23). The quantitative estimate of drug-likeness (QED) is 0.489. The molecule has 0 aliphatic heterocycles. The third kappa shape index (κ3) is 2.78. The van der Waals surface area contributed by atoms with Gasteiger partial charge in [-0.05, 0) is 12.1 Å². The van der Waals surface area contributed by atoms with Gasteiger partial charge in [-0.2, -0.15) is 10.1 Å². The lowest BCUT2D eigenvalue weighted by Crippen LogP contribution is -2.22. The Morgan fingerprint density at radius 3 is 2.46 bits per heavy atom. The highest BCUT2D eigenvalue weighted by Gasteiger charge is 2.15. The topological polar surface area (TPSA) is 115 Å². The van der Waals surface area contributed by atoms with Crippen LogP contribution in [0.3, 0.4) is 0 Å². The first-order valence-corrected chi connectivity index (χ1v) is 8.76. The summed E-state index contributed by atoms with van der Waals surface area (Å²) in [5.41, 5.74) is 4.87. The first-order valence-electron chi connectivity index (χ1n) is 8.76. The summed E-state index contributed by atoms with van der Waals surface area (Å²) in [6.07, 6.45) is 1.90. The number of carbonyl (C=O) groups is 1. The molecule has 0 atom stereocenters. The molecule has 3 aromatic heterocycles. The average Bonchev–Trinajstić information content (AvgIpc) is 3.47. The zero-order valence-corrected chi connectivity index (χ0v) is 14.7. The SMILES string of the molecule is O=C(CCc1nc(-c2ncn[nH]2)no1)Nn1c2ccccc2c2ccccc21. The molecule has 0 bridgehead atoms. The molecule has 0 saturated carbocycles. The molecule has 3 heterocycles. The number of hydrogen-bond donors (Lipinski definition) is 2. The molecule has 0 aliphatic rings. The first-order chi connectivity index (χ1) is 13.8. The van der Waals surface area contributed by atoms with Gasteiger partial charge in [-0.1, -0.05) is 41.6 Å². The lowest BCUT2D eigenvalue weighted by Gasteiger charge is -2.09. The fraction of sp³-hybridized carbons (Fsp3) is 0.105. The normalized spacial score (nSPS) is 11.3. The Morgan fingerprint density at radius 2 is 1.79 bits per heavy atom. The van der Waals surface area contributed by atoms with Crippen LogP contribution in [0.1, 0.15) is 12.3 Å². The van der Waals surface area contributed by atoms with E-state index < -0.39 is 0 Å². The number of amides is 1. The Morgan fingerprint density at radius 1 is 1.07 bits per heavy atom. The summed E-state index contributed by atoms with van der Waals surface area (Å²) in [6, 6.07) is 15.9. The van der Waals surface area contributed by atoms with Gasteiger partial charge >= 0.3 is 0 Å². The zero-order valence-electron chi connectivity index (χ0n) is 14.7. The highest BCUT2D eigenvalue weighted by molar-refractivity contribution is 6.09. The zero-order chi connectivity index (χ0) is 18.9. The van der Waals surface area contributed by atoms with E-state index >= 15 is 0 Å². The van der Waals surface area contributed by atoms with Crippen molar-refractivity contribution in [1.82, 2.24) is 30.0 Å². The van der Waals surface area contributed by atoms with Crippen molar-refractivity contribution in [1.29, 1.82) is 0 Å². The second kappa shape index (κ2) is 6.62. The van der Waals surface area contributed by atoms with Crippen LogP contribution < -0.4 is 5.43 Å². The summed E-state index contributed by atoms with van der Waals surface area (Å²) in [5, 5.41) is 12.4. The third-order valence-electron chi connectivity index (χ3n) is 4.48. The van der Waals surface area contributed by atoms with Crippen LogP contribution in [0.25, 0.3) is 33.5 Å². The number of carbonyl (C=O) groups excluding carboxylic acids is 1. The van der Waals surface area contributed by atoms with E-state index in [0.717, 1.165) is 21.8 Å². The molecule has 2 aromatic carbocycles. The van der Waals surface area contributed by atoms with E-state index in [1.54, 1.807) is 0 Å². The van der Waals surface area contributed by atoms with E-state index in [9.17, 15) is 4.79 Å². The van der Waals surface area contributed by atoms with Gasteiger partial charge in [0.15, 0.2) is 5.82 Å². The van der Waals surface area contributed by atoms with Crippen molar-refractivity contribution in [2.75, 3.05) is 5.43 Å². The molecule has 0 unspecified atom stereocenters. The minimum absolute atomic E-state index is 0.147. The van der Waals surface area contributed by atoms with Gasteiger partial charge in [0.25, 0.3) is 0 Å². The molecule has 0 radical (unpaired) electrons. The molecule has 9 heteroatoms. The number of para-hydroxylation sites is 2. The van der Waals surface area contributed by atoms with Crippen LogP contribution in [0, 0.1) is 0 Å². The molecule has 9 nitrogen and oxygen atoms in total. The predicted octanol–water partition coefficient (Wildman–Crippen LogP) is 2.67. The molecule has 5 rings (SSSR count). The summed E-state index contributed by atoms with van der Waals surface area (Å²) in [6.45, 7) is 0. The monoisotopic (exact) mass is 373 g/mol. The van der Waals surface area contributed by atoms with Crippen LogP contribution in [-0.2, 0) is 11.2 Å². The second-order valence-corrected chi connectivity index (χ2v) is 6.25. The number of nitrogens with zero attached hydrogens (tertiary/aromatic N) is 5. The van der Waals surface area contributed by atoms with E-state index in [2.05, 4.69) is 30.7 Å². The van der Waals surface area contributed by atoms with Crippen LogP contribution in [0.5, 0.6) is 0 Å². The van der Waals surface area contributed by atoms with Crippen LogP contribution in [0.15, 0.2) is 59.4 Å². The lowest BCUT2D eigenvalue weighted by molar-refractivity contribution is -0.117. The highest BCUT2D eigenvalue weighted by Crippen LogP contribution is 2.27. The largest absolute Gasteiger partial charge is 0.339 e. The molecule has 0 fully saturated rings. The molecular weight excluding hydrogens is 358 g/mol. The van der Waals surface area contributed by atoms with Gasteiger partial charge in [-0.3, -0.25) is 20.0 Å². The number of aryl methyl sites for hydroxylation is 1. The molecule has 138 valence electrons. The number of aromatic amines is 1. The fourth-order valence-electron chi connectivity index (χ4n) is 3.21. The number of fused-ring (bicyclic) bond motifs is 3. The average molecular weight is 373 g/mol. The van der Waals surface area contributed by atoms with Crippen molar-refractivity contribution in [2.24, 2.45) is 0 Å². The van der Waals surface area contributed by atoms with Gasteiger partial charge in [-0.25, -0.2) is 4.98 Å². The van der Waals surface area contributed by atoms with Gasteiger partial charge < -0.3 is 4.52 Å². The van der Waals surface area contributed by atoms with E-state index in [1.807, 2.05) is 53.2 Å². The first kappa shape index (κ1) is 16.2. The second-order valence-electron chi connectivity index (χ2n) is 6.25. The Bertz CT molecular complexity index is 1220. The highest BCUT2D eigenvalue weighted by atomic mass is 16.5. The Hall–Kier alpha value is -4.01. The number of H-pyrrole nitrogens is 1. The van der Waals surface area contributed by atoms with E-state index in [4.69, 9.17) is 4.52 Å². The number of nitrogens with one attached hydrogen (secondary N) is 2. The minimum Gasteiger partial charge on any atom is -0.339 e. The van der Waals surface area contributed by atoms with Gasteiger partial charge in [-0.15, -0.1) is 0 Å². The number of aromatic nitrogens is 6. The molecule has 0 aliphatic carbocycles. The van der Waals surface area contributed by atoms with Crippen LogP contribution in [-0.4, -0.2) is 35.9 Å². The van der Waals surface area contributed by atoms with E-state index in [-0.39, 0.29) is 12.3 Å². The van der Waals surface area contributed by atoms with Crippen molar-refractivity contribution in [2.45, 2.75) is 12.8 Å². The maximum absolute atomic E-state index is 12.6. The minimum atomic E-state index is -0.147. The Labute approximate surface area is 158 Å². The molecule has 28 heavy (non-hydrogen) atoms. The summed E-state index contributed by atoms with van der Waals surface area (Å²) in [5.74, 6) is 0.953.